The van der Waals surface area contributed by atoms with Crippen molar-refractivity contribution >= 4 is 11.6 Å². The predicted octanol–water partition coefficient (Wildman–Crippen LogP) is 5.22. The largest absolute Gasteiger partial charge is 0.381 e. The standard InChI is InChI=1S/C19H23F2N3O.C2H6/c1-13(2)10-24-18(25)17-8-7-14(12-23-17)11-22-16-6-4-5-15(9-16)19(3,20)21;1-2/h4-9,12-13,22H,10-11H2,1-3H3,(H,24,25);1-2H3. The lowest BCUT2D eigenvalue weighted by atomic mass is 10.1. The van der Waals surface area contributed by atoms with E-state index in [1.807, 2.05) is 27.7 Å². The molecule has 0 radical (unpaired) electrons. The lowest BCUT2D eigenvalue weighted by Gasteiger charge is -2.13. The number of carbonyl (C=O) groups is 1. The third kappa shape index (κ3) is 7.72. The van der Waals surface area contributed by atoms with Gasteiger partial charge in [0.05, 0.1) is 0 Å². The first-order valence-corrected chi connectivity index (χ1v) is 9.21. The molecule has 0 spiro atoms. The highest BCUT2D eigenvalue weighted by Gasteiger charge is 2.24. The number of pyridine rings is 1. The summed E-state index contributed by atoms with van der Waals surface area (Å²) in [6.45, 7) is 9.94. The van der Waals surface area contributed by atoms with Crippen molar-refractivity contribution in [2.45, 2.75) is 47.1 Å². The smallest absolute Gasteiger partial charge is 0.270 e. The number of carbonyl (C=O) groups excluding carboxylic acids is 1. The molecule has 0 bridgehead atoms. The van der Waals surface area contributed by atoms with E-state index in [2.05, 4.69) is 15.6 Å². The molecule has 0 atom stereocenters. The molecule has 0 aliphatic carbocycles. The SMILES string of the molecule is CC.CC(C)CNC(=O)c1ccc(CNc2cccc(C(C)(F)F)c2)cn1. The van der Waals surface area contributed by atoms with E-state index in [0.717, 1.165) is 12.5 Å². The van der Waals surface area contributed by atoms with Crippen molar-refractivity contribution in [1.29, 1.82) is 0 Å². The summed E-state index contributed by atoms with van der Waals surface area (Å²) < 4.78 is 26.7. The molecule has 1 aromatic heterocycles. The molecule has 4 nitrogen and oxygen atoms in total. The van der Waals surface area contributed by atoms with Crippen LogP contribution in [0.4, 0.5) is 14.5 Å². The average Bonchev–Trinajstić information content (AvgIpc) is 2.66. The van der Waals surface area contributed by atoms with Crippen LogP contribution < -0.4 is 10.6 Å². The van der Waals surface area contributed by atoms with Gasteiger partial charge in [-0.2, -0.15) is 0 Å². The molecule has 0 unspecified atom stereocenters. The van der Waals surface area contributed by atoms with Gasteiger partial charge in [-0.1, -0.05) is 45.9 Å². The molecule has 0 aliphatic heterocycles. The Morgan fingerprint density at radius 2 is 1.89 bits per heavy atom. The van der Waals surface area contributed by atoms with Gasteiger partial charge in [-0.25, -0.2) is 8.78 Å². The molecule has 0 aliphatic rings. The second-order valence-corrected chi connectivity index (χ2v) is 6.48. The zero-order valence-electron chi connectivity index (χ0n) is 16.6. The molecule has 0 saturated carbocycles. The summed E-state index contributed by atoms with van der Waals surface area (Å²) in [6, 6.07) is 9.61. The van der Waals surface area contributed by atoms with Crippen molar-refractivity contribution in [2.24, 2.45) is 5.92 Å². The Kier molecular flexibility index (Phi) is 8.85. The summed E-state index contributed by atoms with van der Waals surface area (Å²) in [5, 5.41) is 5.90. The minimum atomic E-state index is -2.87. The highest BCUT2D eigenvalue weighted by atomic mass is 19.3. The summed E-state index contributed by atoms with van der Waals surface area (Å²) in [4.78, 5) is 16.1. The molecule has 27 heavy (non-hydrogen) atoms. The van der Waals surface area contributed by atoms with Crippen LogP contribution in [0.2, 0.25) is 0 Å². The maximum Gasteiger partial charge on any atom is 0.270 e. The van der Waals surface area contributed by atoms with E-state index in [0.29, 0.717) is 30.4 Å². The monoisotopic (exact) mass is 377 g/mol. The summed E-state index contributed by atoms with van der Waals surface area (Å²) in [6.07, 6.45) is 1.61. The van der Waals surface area contributed by atoms with Crippen molar-refractivity contribution in [3.8, 4) is 0 Å². The Labute approximate surface area is 160 Å². The Morgan fingerprint density at radius 3 is 2.44 bits per heavy atom. The normalized spacial score (nSPS) is 10.8. The number of aromatic nitrogens is 1. The molecule has 148 valence electrons. The lowest BCUT2D eigenvalue weighted by Crippen LogP contribution is -2.28. The van der Waals surface area contributed by atoms with Crippen molar-refractivity contribution in [1.82, 2.24) is 10.3 Å². The van der Waals surface area contributed by atoms with Crippen LogP contribution in [0.5, 0.6) is 0 Å². The number of hydrogen-bond donors (Lipinski definition) is 2. The maximum absolute atomic E-state index is 13.4. The van der Waals surface area contributed by atoms with Gasteiger partial charge in [0.15, 0.2) is 0 Å². The first-order chi connectivity index (χ1) is 12.8. The summed E-state index contributed by atoms with van der Waals surface area (Å²) in [5.74, 6) is -2.70. The average molecular weight is 377 g/mol. The summed E-state index contributed by atoms with van der Waals surface area (Å²) >= 11 is 0. The van der Waals surface area contributed by atoms with Crippen molar-refractivity contribution in [3.05, 3.63) is 59.4 Å². The van der Waals surface area contributed by atoms with Crippen LogP contribution in [0.1, 0.15) is 56.2 Å². The van der Waals surface area contributed by atoms with Gasteiger partial charge in [0.1, 0.15) is 5.69 Å². The van der Waals surface area contributed by atoms with E-state index in [1.165, 1.54) is 12.1 Å². The Hall–Kier alpha value is -2.50. The molecule has 0 fully saturated rings. The number of amides is 1. The van der Waals surface area contributed by atoms with Gasteiger partial charge >= 0.3 is 0 Å². The first-order valence-electron chi connectivity index (χ1n) is 9.21. The van der Waals surface area contributed by atoms with Gasteiger partial charge < -0.3 is 10.6 Å². The number of nitrogens with one attached hydrogen (secondary N) is 2. The van der Waals surface area contributed by atoms with Crippen LogP contribution in [0.3, 0.4) is 0 Å². The second kappa shape index (κ2) is 10.6. The fourth-order valence-corrected chi connectivity index (χ4v) is 2.16. The minimum Gasteiger partial charge on any atom is -0.381 e. The van der Waals surface area contributed by atoms with E-state index in [-0.39, 0.29) is 11.5 Å². The van der Waals surface area contributed by atoms with Crippen LogP contribution in [-0.2, 0) is 12.5 Å². The van der Waals surface area contributed by atoms with Gasteiger partial charge in [0.25, 0.3) is 11.8 Å². The van der Waals surface area contributed by atoms with Gasteiger partial charge in [-0.05, 0) is 29.7 Å². The molecule has 1 heterocycles. The zero-order valence-corrected chi connectivity index (χ0v) is 16.6. The predicted molar refractivity (Wildman–Crippen MR) is 106 cm³/mol. The Morgan fingerprint density at radius 1 is 1.19 bits per heavy atom. The number of nitrogens with zero attached hydrogens (tertiary/aromatic N) is 1. The molecule has 2 N–H and O–H groups in total. The maximum atomic E-state index is 13.4. The molecule has 2 aromatic rings. The number of rotatable bonds is 7. The van der Waals surface area contributed by atoms with Crippen molar-refractivity contribution in [2.75, 3.05) is 11.9 Å². The third-order valence-electron chi connectivity index (χ3n) is 3.59. The van der Waals surface area contributed by atoms with E-state index in [9.17, 15) is 13.6 Å². The number of halogens is 2. The minimum absolute atomic E-state index is 0.0344. The van der Waals surface area contributed by atoms with E-state index >= 15 is 0 Å². The summed E-state index contributed by atoms with van der Waals surface area (Å²) in [7, 11) is 0. The molecular weight excluding hydrogens is 348 g/mol. The van der Waals surface area contributed by atoms with Gasteiger partial charge in [-0.15, -0.1) is 0 Å². The quantitative estimate of drug-likeness (QED) is 0.696. The van der Waals surface area contributed by atoms with Crippen LogP contribution in [0.25, 0.3) is 0 Å². The molecule has 1 amide bonds. The topological polar surface area (TPSA) is 54.0 Å². The summed E-state index contributed by atoms with van der Waals surface area (Å²) in [5.41, 5.74) is 1.79. The van der Waals surface area contributed by atoms with Gasteiger partial charge in [-0.3, -0.25) is 9.78 Å². The number of hydrogen-bond acceptors (Lipinski definition) is 3. The number of benzene rings is 1. The fraction of sp³-hybridized carbons (Fsp3) is 0.429. The van der Waals surface area contributed by atoms with E-state index < -0.39 is 5.92 Å². The highest BCUT2D eigenvalue weighted by molar-refractivity contribution is 5.92. The molecule has 1 aromatic carbocycles. The van der Waals surface area contributed by atoms with Gasteiger partial charge in [0.2, 0.25) is 0 Å². The first kappa shape index (κ1) is 22.5. The van der Waals surface area contributed by atoms with Crippen molar-refractivity contribution in [3.63, 3.8) is 0 Å². The lowest BCUT2D eigenvalue weighted by molar-refractivity contribution is 0.0175. The number of alkyl halides is 2. The second-order valence-electron chi connectivity index (χ2n) is 6.48. The Balaban J connectivity index is 0.00000176. The molecule has 2 rings (SSSR count). The van der Waals surface area contributed by atoms with Crippen LogP contribution >= 0.6 is 0 Å². The van der Waals surface area contributed by atoms with E-state index in [1.54, 1.807) is 30.5 Å². The zero-order chi connectivity index (χ0) is 20.4. The van der Waals surface area contributed by atoms with E-state index in [4.69, 9.17) is 0 Å². The molecule has 6 heteroatoms. The highest BCUT2D eigenvalue weighted by Crippen LogP contribution is 2.28. The van der Waals surface area contributed by atoms with Crippen LogP contribution in [-0.4, -0.2) is 17.4 Å². The number of anilines is 1. The molecular formula is C21H29F2N3O. The Bertz CT molecular complexity index is 710. The fourth-order valence-electron chi connectivity index (χ4n) is 2.16. The molecule has 0 saturated heterocycles. The van der Waals surface area contributed by atoms with Crippen LogP contribution in [0, 0.1) is 5.92 Å². The van der Waals surface area contributed by atoms with Gasteiger partial charge in [0, 0.05) is 37.5 Å². The third-order valence-corrected chi connectivity index (χ3v) is 3.59. The van der Waals surface area contributed by atoms with Crippen molar-refractivity contribution < 1.29 is 13.6 Å². The van der Waals surface area contributed by atoms with Crippen LogP contribution in [0.15, 0.2) is 42.6 Å².